The van der Waals surface area contributed by atoms with Gasteiger partial charge in [0.2, 0.25) is 0 Å². The quantitative estimate of drug-likeness (QED) is 0.861. The normalized spacial score (nSPS) is 26.2. The maximum absolute atomic E-state index is 6.46. The summed E-state index contributed by atoms with van der Waals surface area (Å²) in [5.41, 5.74) is 2.18. The molecule has 0 bridgehead atoms. The van der Waals surface area contributed by atoms with E-state index in [1.165, 1.54) is 37.8 Å². The van der Waals surface area contributed by atoms with E-state index in [4.69, 9.17) is 11.6 Å². The van der Waals surface area contributed by atoms with Gasteiger partial charge >= 0.3 is 0 Å². The van der Waals surface area contributed by atoms with Crippen molar-refractivity contribution in [1.82, 2.24) is 15.1 Å². The molecule has 0 amide bonds. The zero-order chi connectivity index (χ0) is 15.4. The summed E-state index contributed by atoms with van der Waals surface area (Å²) in [5.74, 6) is 2.41. The Morgan fingerprint density at radius 3 is 2.67 bits per heavy atom. The van der Waals surface area contributed by atoms with Gasteiger partial charge in [-0.15, -0.1) is 0 Å². The predicted molar refractivity (Wildman–Crippen MR) is 89.8 cm³/mol. The summed E-state index contributed by atoms with van der Waals surface area (Å²) in [6.07, 6.45) is 7.85. The Morgan fingerprint density at radius 1 is 1.33 bits per heavy atom. The van der Waals surface area contributed by atoms with Crippen molar-refractivity contribution in [2.45, 2.75) is 52.4 Å². The van der Waals surface area contributed by atoms with Crippen LogP contribution in [0.1, 0.15) is 50.4 Å². The van der Waals surface area contributed by atoms with Crippen molar-refractivity contribution >= 4 is 11.6 Å². The summed E-state index contributed by atoms with van der Waals surface area (Å²) in [5, 5.41) is 8.72. The van der Waals surface area contributed by atoms with Gasteiger partial charge in [0.05, 0.1) is 16.4 Å². The summed E-state index contributed by atoms with van der Waals surface area (Å²) in [7, 11) is 4.09. The van der Waals surface area contributed by atoms with E-state index in [1.807, 2.05) is 18.7 Å². The maximum atomic E-state index is 6.46. The van der Waals surface area contributed by atoms with Gasteiger partial charge in [0.15, 0.2) is 0 Å². The van der Waals surface area contributed by atoms with Crippen LogP contribution in [0.2, 0.25) is 5.02 Å². The predicted octanol–water partition coefficient (Wildman–Crippen LogP) is 3.98. The van der Waals surface area contributed by atoms with Gasteiger partial charge in [0, 0.05) is 7.05 Å². The molecule has 1 fully saturated rings. The molecular weight excluding hydrogens is 282 g/mol. The highest BCUT2D eigenvalue weighted by Gasteiger charge is 2.31. The molecule has 3 unspecified atom stereocenters. The first-order valence-corrected chi connectivity index (χ1v) is 8.77. The van der Waals surface area contributed by atoms with Gasteiger partial charge in [-0.25, -0.2) is 0 Å². The average Bonchev–Trinajstić information content (AvgIpc) is 2.69. The first-order valence-electron chi connectivity index (χ1n) is 8.39. The topological polar surface area (TPSA) is 29.9 Å². The Kier molecular flexibility index (Phi) is 6.12. The molecule has 1 heterocycles. The summed E-state index contributed by atoms with van der Waals surface area (Å²) in [4.78, 5) is 0. The molecule has 1 N–H and O–H groups in total. The summed E-state index contributed by atoms with van der Waals surface area (Å²) >= 11 is 6.46. The number of rotatable bonds is 6. The number of aromatic nitrogens is 2. The fraction of sp³-hybridized carbons (Fsp3) is 0.824. The minimum absolute atomic E-state index is 0.732. The van der Waals surface area contributed by atoms with E-state index in [0.29, 0.717) is 0 Å². The highest BCUT2D eigenvalue weighted by molar-refractivity contribution is 6.31. The molecule has 1 saturated carbocycles. The molecule has 21 heavy (non-hydrogen) atoms. The maximum Gasteiger partial charge on any atom is 0.0847 e. The van der Waals surface area contributed by atoms with Crippen LogP contribution in [-0.4, -0.2) is 23.4 Å². The third-order valence-corrected chi connectivity index (χ3v) is 5.62. The fourth-order valence-electron chi connectivity index (χ4n) is 4.03. The Bertz CT molecular complexity index is 455. The van der Waals surface area contributed by atoms with Gasteiger partial charge in [0.25, 0.3) is 0 Å². The minimum Gasteiger partial charge on any atom is -0.319 e. The van der Waals surface area contributed by atoms with Crippen LogP contribution >= 0.6 is 11.6 Å². The van der Waals surface area contributed by atoms with Gasteiger partial charge in [-0.1, -0.05) is 37.8 Å². The highest BCUT2D eigenvalue weighted by atomic mass is 35.5. The molecular formula is C17H30ClN3. The van der Waals surface area contributed by atoms with E-state index in [2.05, 4.69) is 24.4 Å². The number of nitrogens with one attached hydrogen (secondary N) is 1. The molecule has 3 nitrogen and oxygen atoms in total. The minimum atomic E-state index is 0.732. The van der Waals surface area contributed by atoms with Crippen LogP contribution in [0.4, 0.5) is 0 Å². The van der Waals surface area contributed by atoms with E-state index in [9.17, 15) is 0 Å². The van der Waals surface area contributed by atoms with Crippen LogP contribution < -0.4 is 5.32 Å². The van der Waals surface area contributed by atoms with Crippen LogP contribution in [0.5, 0.6) is 0 Å². The van der Waals surface area contributed by atoms with Crippen molar-refractivity contribution in [3.63, 3.8) is 0 Å². The van der Waals surface area contributed by atoms with E-state index in [-0.39, 0.29) is 0 Å². The van der Waals surface area contributed by atoms with Crippen molar-refractivity contribution < 1.29 is 0 Å². The van der Waals surface area contributed by atoms with Crippen molar-refractivity contribution in [3.05, 3.63) is 16.4 Å². The molecule has 1 aromatic heterocycles. The van der Waals surface area contributed by atoms with E-state index in [1.54, 1.807) is 0 Å². The van der Waals surface area contributed by atoms with Crippen molar-refractivity contribution in [2.75, 3.05) is 13.6 Å². The molecule has 1 aliphatic carbocycles. The van der Waals surface area contributed by atoms with Crippen molar-refractivity contribution in [2.24, 2.45) is 24.8 Å². The SMILES string of the molecule is CCCC1CCC(CNC)C(Cc2c(Cl)c(C)nn2C)C1. The second-order valence-electron chi connectivity index (χ2n) is 6.72. The smallest absolute Gasteiger partial charge is 0.0847 e. The lowest BCUT2D eigenvalue weighted by atomic mass is 9.71. The second-order valence-corrected chi connectivity index (χ2v) is 7.10. The fourth-order valence-corrected chi connectivity index (χ4v) is 4.26. The molecule has 1 aromatic rings. The largest absolute Gasteiger partial charge is 0.319 e. The number of nitrogens with zero attached hydrogens (tertiary/aromatic N) is 2. The molecule has 1 aliphatic rings. The standard InChI is InChI=1S/C17H30ClN3/c1-5-6-13-7-8-14(11-19-3)15(9-13)10-16-17(18)12(2)20-21(16)4/h13-15,19H,5-11H2,1-4H3. The second kappa shape index (κ2) is 7.64. The average molecular weight is 312 g/mol. The molecule has 4 heteroatoms. The van der Waals surface area contributed by atoms with Crippen LogP contribution in [0.15, 0.2) is 0 Å². The Labute approximate surface area is 134 Å². The third kappa shape index (κ3) is 4.01. The molecule has 0 spiro atoms. The van der Waals surface area contributed by atoms with E-state index >= 15 is 0 Å². The third-order valence-electron chi connectivity index (χ3n) is 5.13. The van der Waals surface area contributed by atoms with Crippen molar-refractivity contribution in [1.29, 1.82) is 0 Å². The van der Waals surface area contributed by atoms with Crippen LogP contribution in [0.25, 0.3) is 0 Å². The lowest BCUT2D eigenvalue weighted by molar-refractivity contribution is 0.167. The lowest BCUT2D eigenvalue weighted by Crippen LogP contribution is -2.33. The molecule has 0 aromatic carbocycles. The Hall–Kier alpha value is -0.540. The summed E-state index contributed by atoms with van der Waals surface area (Å²) in [6.45, 7) is 5.42. The Balaban J connectivity index is 2.11. The molecule has 3 atom stereocenters. The molecule has 2 rings (SSSR count). The molecule has 0 saturated heterocycles. The van der Waals surface area contributed by atoms with Gasteiger partial charge in [-0.3, -0.25) is 4.68 Å². The Morgan fingerprint density at radius 2 is 2.10 bits per heavy atom. The van der Waals surface area contributed by atoms with E-state index < -0.39 is 0 Å². The van der Waals surface area contributed by atoms with Gasteiger partial charge < -0.3 is 5.32 Å². The number of hydrogen-bond donors (Lipinski definition) is 1. The zero-order valence-corrected chi connectivity index (χ0v) is 14.7. The van der Waals surface area contributed by atoms with Gasteiger partial charge in [0.1, 0.15) is 0 Å². The van der Waals surface area contributed by atoms with E-state index in [0.717, 1.165) is 41.4 Å². The first-order chi connectivity index (χ1) is 10.1. The number of halogens is 1. The summed E-state index contributed by atoms with van der Waals surface area (Å²) < 4.78 is 1.98. The van der Waals surface area contributed by atoms with Gasteiger partial charge in [-0.05, 0) is 57.5 Å². The van der Waals surface area contributed by atoms with Gasteiger partial charge in [-0.2, -0.15) is 5.10 Å². The first kappa shape index (κ1) is 16.8. The van der Waals surface area contributed by atoms with Crippen LogP contribution in [-0.2, 0) is 13.5 Å². The van der Waals surface area contributed by atoms with Crippen molar-refractivity contribution in [3.8, 4) is 0 Å². The molecule has 120 valence electrons. The highest BCUT2D eigenvalue weighted by Crippen LogP contribution is 2.38. The summed E-state index contributed by atoms with van der Waals surface area (Å²) in [6, 6.07) is 0. The zero-order valence-electron chi connectivity index (χ0n) is 14.0. The molecule has 0 aliphatic heterocycles. The monoisotopic (exact) mass is 311 g/mol. The number of hydrogen-bond acceptors (Lipinski definition) is 2. The number of aryl methyl sites for hydroxylation is 2. The van der Waals surface area contributed by atoms with Crippen LogP contribution in [0, 0.1) is 24.7 Å². The van der Waals surface area contributed by atoms with Crippen LogP contribution in [0.3, 0.4) is 0 Å². The molecule has 0 radical (unpaired) electrons. The lowest BCUT2D eigenvalue weighted by Gasteiger charge is -2.36.